The third kappa shape index (κ3) is 3.26. The Hall–Kier alpha value is -2.41. The summed E-state index contributed by atoms with van der Waals surface area (Å²) in [6.07, 6.45) is 1.71. The lowest BCUT2D eigenvalue weighted by molar-refractivity contribution is 0.0918. The lowest BCUT2D eigenvalue weighted by Gasteiger charge is -2.16. The van der Waals surface area contributed by atoms with Crippen molar-refractivity contribution in [3.05, 3.63) is 59.4 Å². The predicted molar refractivity (Wildman–Crippen MR) is 88.6 cm³/mol. The summed E-state index contributed by atoms with van der Waals surface area (Å²) in [5, 5.41) is 0. The highest BCUT2D eigenvalue weighted by atomic mass is 32.2. The van der Waals surface area contributed by atoms with Crippen LogP contribution < -0.4 is 9.04 Å². The Morgan fingerprint density at radius 3 is 2.71 bits per heavy atom. The number of nitrogens with zero attached hydrogens (tertiary/aromatic N) is 1. The molecule has 0 amide bonds. The molecule has 0 bridgehead atoms. The average molecular weight is 349 g/mol. The van der Waals surface area contributed by atoms with Gasteiger partial charge in [0.15, 0.2) is 24.0 Å². The van der Waals surface area contributed by atoms with E-state index in [9.17, 15) is 17.6 Å². The van der Waals surface area contributed by atoms with Gasteiger partial charge in [0.25, 0.3) is 0 Å². The smallest absolute Gasteiger partial charge is 0.232 e. The number of benzene rings is 2. The first-order valence-electron chi connectivity index (χ1n) is 7.37. The largest absolute Gasteiger partial charge is 0.482 e. The van der Waals surface area contributed by atoms with E-state index in [1.54, 1.807) is 24.3 Å². The molecule has 0 saturated carbocycles. The fourth-order valence-corrected chi connectivity index (χ4v) is 3.64. The van der Waals surface area contributed by atoms with Gasteiger partial charge in [-0.2, -0.15) is 0 Å². The van der Waals surface area contributed by atoms with Crippen molar-refractivity contribution >= 4 is 21.5 Å². The van der Waals surface area contributed by atoms with E-state index < -0.39 is 15.8 Å². The van der Waals surface area contributed by atoms with Crippen molar-refractivity contribution in [1.29, 1.82) is 0 Å². The number of fused-ring (bicyclic) bond motifs is 1. The van der Waals surface area contributed by atoms with Crippen LogP contribution in [0.4, 0.5) is 10.1 Å². The summed E-state index contributed by atoms with van der Waals surface area (Å²) >= 11 is 0. The van der Waals surface area contributed by atoms with Gasteiger partial charge in [-0.3, -0.25) is 9.10 Å². The second kappa shape index (κ2) is 6.24. The summed E-state index contributed by atoms with van der Waals surface area (Å²) in [6.45, 7) is 0.0903. The normalized spacial score (nSPS) is 13.7. The molecule has 1 heterocycles. The molecule has 0 N–H and O–H groups in total. The van der Waals surface area contributed by atoms with Crippen LogP contribution in [0.3, 0.4) is 0 Å². The van der Waals surface area contributed by atoms with Crippen LogP contribution in [0.5, 0.6) is 5.75 Å². The zero-order valence-electron chi connectivity index (χ0n) is 13.0. The number of ether oxygens (including phenoxy) is 1. The molecule has 0 fully saturated rings. The van der Waals surface area contributed by atoms with Gasteiger partial charge in [-0.05, 0) is 42.3 Å². The molecule has 5 nitrogen and oxygen atoms in total. The van der Waals surface area contributed by atoms with Gasteiger partial charge in [0.05, 0.1) is 11.9 Å². The number of carbonyl (C=O) groups excluding carboxylic acids is 1. The molecule has 0 aliphatic carbocycles. The number of hydrogen-bond acceptors (Lipinski definition) is 4. The molecular weight excluding hydrogens is 333 g/mol. The Kier molecular flexibility index (Phi) is 4.28. The zero-order chi connectivity index (χ0) is 17.3. The Balaban J connectivity index is 1.75. The molecule has 0 aromatic heterocycles. The standard InChI is InChI=1S/C17H16FNO4S/c1-24(21,22)19-9-8-12-10-13(6-7-15(12)19)16(20)11-23-17-5-3-2-4-14(17)18/h2-7,10H,8-9,11H2,1H3. The average Bonchev–Trinajstić information content (AvgIpc) is 2.97. The number of rotatable bonds is 5. The fraction of sp³-hybridized carbons (Fsp3) is 0.235. The molecule has 2 aromatic rings. The third-order valence-electron chi connectivity index (χ3n) is 3.85. The van der Waals surface area contributed by atoms with E-state index in [0.717, 1.165) is 11.8 Å². The summed E-state index contributed by atoms with van der Waals surface area (Å²) < 4.78 is 43.4. The summed E-state index contributed by atoms with van der Waals surface area (Å²) in [6, 6.07) is 10.7. The maximum absolute atomic E-state index is 13.5. The first kappa shape index (κ1) is 16.4. The van der Waals surface area contributed by atoms with Crippen LogP contribution in [0.1, 0.15) is 15.9 Å². The first-order valence-corrected chi connectivity index (χ1v) is 9.22. The number of ketones is 1. The summed E-state index contributed by atoms with van der Waals surface area (Å²) in [7, 11) is -3.32. The van der Waals surface area contributed by atoms with Crippen LogP contribution >= 0.6 is 0 Å². The molecule has 1 aliphatic heterocycles. The molecule has 1 aliphatic rings. The van der Waals surface area contributed by atoms with Crippen molar-refractivity contribution in [2.75, 3.05) is 23.7 Å². The lowest BCUT2D eigenvalue weighted by Crippen LogP contribution is -2.27. The maximum atomic E-state index is 13.5. The van der Waals surface area contributed by atoms with Gasteiger partial charge in [0.2, 0.25) is 10.0 Å². The van der Waals surface area contributed by atoms with E-state index in [1.807, 2.05) is 0 Å². The second-order valence-corrected chi connectivity index (χ2v) is 7.48. The molecule has 0 spiro atoms. The number of hydrogen-bond donors (Lipinski definition) is 0. The molecule has 0 unspecified atom stereocenters. The Bertz CT molecular complexity index is 895. The van der Waals surface area contributed by atoms with E-state index in [2.05, 4.69) is 0 Å². The number of para-hydroxylation sites is 1. The van der Waals surface area contributed by atoms with Crippen LogP contribution in [-0.4, -0.2) is 33.6 Å². The van der Waals surface area contributed by atoms with Gasteiger partial charge >= 0.3 is 0 Å². The fourth-order valence-electron chi connectivity index (χ4n) is 2.68. The van der Waals surface area contributed by atoms with Crippen molar-refractivity contribution < 1.29 is 22.3 Å². The zero-order valence-corrected chi connectivity index (χ0v) is 13.8. The van der Waals surface area contributed by atoms with Gasteiger partial charge in [-0.15, -0.1) is 0 Å². The van der Waals surface area contributed by atoms with Crippen LogP contribution in [0, 0.1) is 5.82 Å². The van der Waals surface area contributed by atoms with Gasteiger partial charge in [-0.25, -0.2) is 12.8 Å². The van der Waals surface area contributed by atoms with E-state index in [4.69, 9.17) is 4.74 Å². The molecule has 24 heavy (non-hydrogen) atoms. The van der Waals surface area contributed by atoms with Crippen LogP contribution in [0.25, 0.3) is 0 Å². The van der Waals surface area contributed by atoms with E-state index in [1.165, 1.54) is 22.5 Å². The predicted octanol–water partition coefficient (Wildman–Crippen LogP) is 2.41. The molecular formula is C17H16FNO4S. The highest BCUT2D eigenvalue weighted by molar-refractivity contribution is 7.92. The van der Waals surface area contributed by atoms with E-state index in [0.29, 0.717) is 24.2 Å². The quantitative estimate of drug-likeness (QED) is 0.778. The summed E-state index contributed by atoms with van der Waals surface area (Å²) in [4.78, 5) is 12.2. The number of carbonyl (C=O) groups is 1. The third-order valence-corrected chi connectivity index (χ3v) is 5.03. The molecule has 0 atom stereocenters. The minimum atomic E-state index is -3.32. The molecule has 7 heteroatoms. The number of anilines is 1. The molecule has 0 radical (unpaired) electrons. The topological polar surface area (TPSA) is 63.7 Å². The van der Waals surface area contributed by atoms with Gasteiger partial charge < -0.3 is 4.74 Å². The highest BCUT2D eigenvalue weighted by Gasteiger charge is 2.26. The van der Waals surface area contributed by atoms with Crippen molar-refractivity contribution in [3.8, 4) is 5.75 Å². The van der Waals surface area contributed by atoms with Crippen LogP contribution in [0.15, 0.2) is 42.5 Å². The van der Waals surface area contributed by atoms with Crippen LogP contribution in [0.2, 0.25) is 0 Å². The van der Waals surface area contributed by atoms with Gasteiger partial charge in [-0.1, -0.05) is 12.1 Å². The molecule has 3 rings (SSSR count). The van der Waals surface area contributed by atoms with E-state index >= 15 is 0 Å². The van der Waals surface area contributed by atoms with Gasteiger partial charge in [0.1, 0.15) is 0 Å². The van der Waals surface area contributed by atoms with E-state index in [-0.39, 0.29) is 18.1 Å². The Morgan fingerprint density at radius 1 is 1.25 bits per heavy atom. The van der Waals surface area contributed by atoms with Crippen molar-refractivity contribution in [1.82, 2.24) is 0 Å². The number of halogens is 1. The Labute approximate surface area is 139 Å². The second-order valence-electron chi connectivity index (χ2n) is 5.57. The minimum absolute atomic E-state index is 0.0234. The number of sulfonamides is 1. The summed E-state index contributed by atoms with van der Waals surface area (Å²) in [5.74, 6) is -0.794. The monoisotopic (exact) mass is 349 g/mol. The lowest BCUT2D eigenvalue weighted by atomic mass is 10.1. The highest BCUT2D eigenvalue weighted by Crippen LogP contribution is 2.30. The maximum Gasteiger partial charge on any atom is 0.232 e. The summed E-state index contributed by atoms with van der Waals surface area (Å²) in [5.41, 5.74) is 1.82. The Morgan fingerprint density at radius 2 is 2.00 bits per heavy atom. The molecule has 2 aromatic carbocycles. The number of Topliss-reactive ketones (excluding diaryl/α,β-unsaturated/α-hetero) is 1. The van der Waals surface area contributed by atoms with Crippen molar-refractivity contribution in [2.24, 2.45) is 0 Å². The first-order chi connectivity index (χ1) is 11.4. The molecule has 0 saturated heterocycles. The van der Waals surface area contributed by atoms with Crippen molar-refractivity contribution in [2.45, 2.75) is 6.42 Å². The van der Waals surface area contributed by atoms with Crippen molar-refractivity contribution in [3.63, 3.8) is 0 Å². The molecule has 126 valence electrons. The SMILES string of the molecule is CS(=O)(=O)N1CCc2cc(C(=O)COc3ccccc3F)ccc21. The minimum Gasteiger partial charge on any atom is -0.482 e. The van der Waals surface area contributed by atoms with Crippen LogP contribution in [-0.2, 0) is 16.4 Å². The van der Waals surface area contributed by atoms with Gasteiger partial charge in [0, 0.05) is 12.1 Å².